The third kappa shape index (κ3) is 5.67. The van der Waals surface area contributed by atoms with Crippen molar-refractivity contribution >= 4 is 17.9 Å². The molecule has 5 N–H and O–H groups in total. The van der Waals surface area contributed by atoms with Crippen LogP contribution in [-0.2, 0) is 20.9 Å². The van der Waals surface area contributed by atoms with Crippen molar-refractivity contribution in [3.63, 3.8) is 0 Å². The molecule has 2 atom stereocenters. The van der Waals surface area contributed by atoms with E-state index >= 15 is 0 Å². The highest BCUT2D eigenvalue weighted by molar-refractivity contribution is 5.91. The van der Waals surface area contributed by atoms with Crippen LogP contribution in [0.15, 0.2) is 78.9 Å². The number of fused-ring (bicyclic) bond motifs is 3. The lowest BCUT2D eigenvalue weighted by Crippen LogP contribution is -2.49. The van der Waals surface area contributed by atoms with E-state index in [2.05, 4.69) is 10.6 Å². The second-order valence-corrected chi connectivity index (χ2v) is 8.40. The van der Waals surface area contributed by atoms with E-state index in [0.29, 0.717) is 0 Å². The number of alkyl carbamates (subject to hydrolysis) is 1. The monoisotopic (exact) mass is 473 g/mol. The average Bonchev–Trinajstić information content (AvgIpc) is 3.19. The van der Waals surface area contributed by atoms with E-state index in [1.54, 1.807) is 0 Å². The molecule has 0 saturated carbocycles. The van der Waals surface area contributed by atoms with Gasteiger partial charge in [-0.05, 0) is 27.8 Å². The van der Waals surface area contributed by atoms with Crippen molar-refractivity contribution < 1.29 is 24.2 Å². The van der Waals surface area contributed by atoms with Gasteiger partial charge in [0.15, 0.2) is 0 Å². The van der Waals surface area contributed by atoms with Crippen molar-refractivity contribution in [1.29, 1.82) is 0 Å². The van der Waals surface area contributed by atoms with E-state index in [9.17, 15) is 19.5 Å². The maximum atomic E-state index is 12.7. The molecule has 0 radical (unpaired) electrons. The Morgan fingerprint density at radius 3 is 2.06 bits per heavy atom. The van der Waals surface area contributed by atoms with Gasteiger partial charge in [-0.3, -0.25) is 9.59 Å². The van der Waals surface area contributed by atoms with Gasteiger partial charge in [0, 0.05) is 12.5 Å². The van der Waals surface area contributed by atoms with Gasteiger partial charge in [0.25, 0.3) is 0 Å². The zero-order valence-corrected chi connectivity index (χ0v) is 19.0. The van der Waals surface area contributed by atoms with Crippen LogP contribution in [0.3, 0.4) is 0 Å². The largest absolute Gasteiger partial charge is 0.445 e. The molecule has 3 aromatic rings. The molecule has 1 aliphatic carbocycles. The number of carbonyl (C=O) groups is 3. The summed E-state index contributed by atoms with van der Waals surface area (Å²) in [5.74, 6) is -1.67. The lowest BCUT2D eigenvalue weighted by atomic mass is 9.88. The molecule has 0 fully saturated rings. The fraction of sp³-hybridized carbons (Fsp3) is 0.222. The average molecular weight is 474 g/mol. The molecule has 0 spiro atoms. The molecule has 0 aromatic heterocycles. The summed E-state index contributed by atoms with van der Waals surface area (Å²) >= 11 is 0. The Bertz CT molecular complexity index is 1170. The first kappa shape index (κ1) is 24.0. The Hall–Kier alpha value is -4.17. The predicted molar refractivity (Wildman–Crippen MR) is 130 cm³/mol. The summed E-state index contributed by atoms with van der Waals surface area (Å²) in [5, 5.41) is 15.4. The summed E-state index contributed by atoms with van der Waals surface area (Å²) in [7, 11) is 0. The minimum absolute atomic E-state index is 0.0912. The van der Waals surface area contributed by atoms with Crippen molar-refractivity contribution in [2.45, 2.75) is 31.1 Å². The number of hydrogen-bond acceptors (Lipinski definition) is 5. The molecule has 3 aromatic carbocycles. The molecule has 1 aliphatic rings. The number of carbonyl (C=O) groups excluding carboxylic acids is 3. The number of aliphatic hydroxyl groups is 1. The van der Waals surface area contributed by atoms with Crippen LogP contribution in [0.5, 0.6) is 0 Å². The van der Waals surface area contributed by atoms with Gasteiger partial charge in [0.05, 0.1) is 12.5 Å². The number of ether oxygens (including phenoxy) is 1. The van der Waals surface area contributed by atoms with Crippen LogP contribution in [0.4, 0.5) is 4.79 Å². The summed E-state index contributed by atoms with van der Waals surface area (Å²) in [4.78, 5) is 37.0. The van der Waals surface area contributed by atoms with Gasteiger partial charge < -0.3 is 26.2 Å². The van der Waals surface area contributed by atoms with Gasteiger partial charge in [-0.15, -0.1) is 0 Å². The topological polar surface area (TPSA) is 131 Å². The Balaban J connectivity index is 1.34. The fourth-order valence-electron chi connectivity index (χ4n) is 4.37. The zero-order chi connectivity index (χ0) is 24.8. The summed E-state index contributed by atoms with van der Waals surface area (Å²) < 4.78 is 5.09. The third-order valence-corrected chi connectivity index (χ3v) is 5.95. The molecule has 0 aliphatic heterocycles. The van der Waals surface area contributed by atoms with Crippen molar-refractivity contribution in [1.82, 2.24) is 10.6 Å². The number of benzene rings is 3. The van der Waals surface area contributed by atoms with E-state index in [0.717, 1.165) is 27.8 Å². The molecule has 0 heterocycles. The highest BCUT2D eigenvalue weighted by Crippen LogP contribution is 2.46. The normalized spacial score (nSPS) is 13.7. The number of primary amides is 1. The minimum atomic E-state index is -1.17. The fourth-order valence-corrected chi connectivity index (χ4v) is 4.37. The van der Waals surface area contributed by atoms with Crippen molar-refractivity contribution in [2.75, 3.05) is 6.54 Å². The van der Waals surface area contributed by atoms with E-state index in [-0.39, 0.29) is 19.6 Å². The highest BCUT2D eigenvalue weighted by Gasteiger charge is 2.38. The minimum Gasteiger partial charge on any atom is -0.445 e. The molecule has 0 bridgehead atoms. The van der Waals surface area contributed by atoms with Gasteiger partial charge in [0.2, 0.25) is 11.8 Å². The van der Waals surface area contributed by atoms with Crippen molar-refractivity contribution in [3.05, 3.63) is 95.6 Å². The summed E-state index contributed by atoms with van der Waals surface area (Å²) in [5.41, 5.74) is 10.3. The summed E-state index contributed by atoms with van der Waals surface area (Å²) in [6.45, 7) is -0.0920. The maximum absolute atomic E-state index is 12.7. The Morgan fingerprint density at radius 1 is 0.886 bits per heavy atom. The Labute approximate surface area is 203 Å². The Kier molecular flexibility index (Phi) is 7.42. The van der Waals surface area contributed by atoms with E-state index < -0.39 is 36.0 Å². The van der Waals surface area contributed by atoms with Crippen LogP contribution in [0.25, 0.3) is 11.1 Å². The van der Waals surface area contributed by atoms with Crippen LogP contribution in [0.2, 0.25) is 0 Å². The third-order valence-electron chi connectivity index (χ3n) is 5.95. The van der Waals surface area contributed by atoms with Crippen LogP contribution < -0.4 is 16.4 Å². The zero-order valence-electron chi connectivity index (χ0n) is 19.0. The van der Waals surface area contributed by atoms with Gasteiger partial charge in [-0.25, -0.2) is 4.79 Å². The SMILES string of the molecule is NC(=O)[C@H](NC(=O)C[C@@H](O)CNC(=O)OCc1ccccc1)C1c2ccccc2-c2ccccc21. The Morgan fingerprint density at radius 2 is 1.46 bits per heavy atom. The molecule has 180 valence electrons. The van der Waals surface area contributed by atoms with Gasteiger partial charge in [-0.1, -0.05) is 78.9 Å². The molecule has 0 unspecified atom stereocenters. The number of amides is 3. The van der Waals surface area contributed by atoms with E-state index in [1.807, 2.05) is 78.9 Å². The number of rotatable bonds is 9. The van der Waals surface area contributed by atoms with Gasteiger partial charge in [0.1, 0.15) is 12.6 Å². The van der Waals surface area contributed by atoms with Gasteiger partial charge >= 0.3 is 6.09 Å². The second kappa shape index (κ2) is 10.8. The first-order valence-corrected chi connectivity index (χ1v) is 11.3. The first-order chi connectivity index (χ1) is 16.9. The predicted octanol–water partition coefficient (Wildman–Crippen LogP) is 2.45. The maximum Gasteiger partial charge on any atom is 0.407 e. The van der Waals surface area contributed by atoms with Crippen LogP contribution in [0, 0.1) is 0 Å². The highest BCUT2D eigenvalue weighted by atomic mass is 16.5. The smallest absolute Gasteiger partial charge is 0.407 e. The van der Waals surface area contributed by atoms with E-state index in [4.69, 9.17) is 10.5 Å². The summed E-state index contributed by atoms with van der Waals surface area (Å²) in [6, 6.07) is 23.6. The lowest BCUT2D eigenvalue weighted by Gasteiger charge is -2.24. The standard InChI is InChI=1S/C27H27N3O5/c28-26(33)25(24-21-12-6-4-10-19(21)20-11-5-7-13-22(20)24)30-23(32)14-18(31)15-29-27(34)35-16-17-8-2-1-3-9-17/h1-13,18,24-25,31H,14-16H2,(H2,28,33)(H,29,34)(H,30,32)/t18-,25-/m1/s1. The van der Waals surface area contributed by atoms with Gasteiger partial charge in [-0.2, -0.15) is 0 Å². The number of nitrogens with two attached hydrogens (primary N) is 1. The number of hydrogen-bond donors (Lipinski definition) is 4. The molecular formula is C27H27N3O5. The quantitative estimate of drug-likeness (QED) is 0.379. The molecule has 0 saturated heterocycles. The van der Waals surface area contributed by atoms with E-state index in [1.165, 1.54) is 0 Å². The first-order valence-electron chi connectivity index (χ1n) is 11.3. The molecular weight excluding hydrogens is 446 g/mol. The van der Waals surface area contributed by atoms with Crippen LogP contribution in [-0.4, -0.2) is 41.7 Å². The lowest BCUT2D eigenvalue weighted by molar-refractivity contribution is -0.128. The molecule has 3 amide bonds. The second-order valence-electron chi connectivity index (χ2n) is 8.40. The number of aliphatic hydroxyl groups excluding tert-OH is 1. The van der Waals surface area contributed by atoms with Crippen LogP contribution >= 0.6 is 0 Å². The molecule has 8 heteroatoms. The molecule has 4 rings (SSSR count). The van der Waals surface area contributed by atoms with Crippen molar-refractivity contribution in [2.24, 2.45) is 5.73 Å². The molecule has 35 heavy (non-hydrogen) atoms. The summed E-state index contributed by atoms with van der Waals surface area (Å²) in [6.07, 6.45) is -2.20. The van der Waals surface area contributed by atoms with Crippen LogP contribution in [0.1, 0.15) is 29.0 Å². The van der Waals surface area contributed by atoms with Crippen molar-refractivity contribution in [3.8, 4) is 11.1 Å². The molecule has 8 nitrogen and oxygen atoms in total. The number of nitrogens with one attached hydrogen (secondary N) is 2.